The van der Waals surface area contributed by atoms with E-state index < -0.39 is 0 Å². The van der Waals surface area contributed by atoms with E-state index in [0.717, 1.165) is 38.0 Å². The van der Waals surface area contributed by atoms with Crippen LogP contribution in [0.1, 0.15) is 69.1 Å². The standard InChI is InChI=1S/C26H34INO2/c1-6-26(4,19-7-10-21(30-5)11-8-19)23(22-12-9-20(27)17-18(22)2)13-14-25(3)15-16-28-24(25)29/h7-12,17,23H,6,13-16H2,1-5H3,(H,28,29)/t23-,25+,26-/m0/s1. The van der Waals surface area contributed by atoms with Crippen molar-refractivity contribution < 1.29 is 9.53 Å². The average molecular weight is 519 g/mol. The van der Waals surface area contributed by atoms with Gasteiger partial charge in [-0.05, 0) is 107 Å². The molecule has 3 rings (SSSR count). The number of methoxy groups -OCH3 is 1. The molecule has 1 aliphatic heterocycles. The summed E-state index contributed by atoms with van der Waals surface area (Å²) >= 11 is 2.39. The van der Waals surface area contributed by atoms with Crippen molar-refractivity contribution in [2.45, 2.75) is 64.7 Å². The Hall–Kier alpha value is -1.56. The van der Waals surface area contributed by atoms with Gasteiger partial charge in [0, 0.05) is 15.5 Å². The lowest BCUT2D eigenvalue weighted by Crippen LogP contribution is -2.33. The van der Waals surface area contributed by atoms with Crippen molar-refractivity contribution in [3.8, 4) is 5.75 Å². The number of rotatable bonds is 8. The Labute approximate surface area is 195 Å². The van der Waals surface area contributed by atoms with Gasteiger partial charge in [-0.15, -0.1) is 0 Å². The first kappa shape index (κ1) is 23.1. The number of halogens is 1. The molecular formula is C26H34INO2. The fourth-order valence-corrected chi connectivity index (χ4v) is 5.60. The molecule has 1 fully saturated rings. The third-order valence-corrected chi connectivity index (χ3v) is 8.03. The van der Waals surface area contributed by atoms with Crippen LogP contribution >= 0.6 is 22.6 Å². The normalized spacial score (nSPS) is 21.7. The molecule has 0 unspecified atom stereocenters. The molecule has 0 aromatic heterocycles. The fraction of sp³-hybridized carbons (Fsp3) is 0.500. The number of carbonyl (C=O) groups excluding carboxylic acids is 1. The van der Waals surface area contributed by atoms with E-state index >= 15 is 0 Å². The minimum atomic E-state index is -0.260. The van der Waals surface area contributed by atoms with Crippen LogP contribution < -0.4 is 10.1 Å². The first-order valence-corrected chi connectivity index (χ1v) is 12.0. The van der Waals surface area contributed by atoms with Gasteiger partial charge in [-0.25, -0.2) is 0 Å². The summed E-state index contributed by atoms with van der Waals surface area (Å²) in [5, 5.41) is 3.04. The van der Waals surface area contributed by atoms with E-state index in [2.05, 4.69) is 98.1 Å². The highest BCUT2D eigenvalue weighted by atomic mass is 127. The summed E-state index contributed by atoms with van der Waals surface area (Å²) in [4.78, 5) is 12.5. The lowest BCUT2D eigenvalue weighted by Gasteiger charge is -2.40. The summed E-state index contributed by atoms with van der Waals surface area (Å²) in [7, 11) is 1.71. The SMILES string of the molecule is CC[C@@](C)(c1ccc(OC)cc1)[C@@H](CC[C@]1(C)CCNC1=O)c1ccc(I)cc1C. The molecule has 1 amide bonds. The van der Waals surface area contributed by atoms with Crippen LogP contribution in [0.4, 0.5) is 0 Å². The van der Waals surface area contributed by atoms with Crippen molar-refractivity contribution in [2.75, 3.05) is 13.7 Å². The highest BCUT2D eigenvalue weighted by Gasteiger charge is 2.41. The molecule has 2 aromatic rings. The molecular weight excluding hydrogens is 485 g/mol. The van der Waals surface area contributed by atoms with E-state index in [1.54, 1.807) is 7.11 Å². The quantitative estimate of drug-likeness (QED) is 0.412. The van der Waals surface area contributed by atoms with E-state index in [9.17, 15) is 4.79 Å². The fourth-order valence-electron chi connectivity index (χ4n) is 4.95. The van der Waals surface area contributed by atoms with Crippen LogP contribution in [-0.4, -0.2) is 19.6 Å². The Morgan fingerprint density at radius 3 is 2.47 bits per heavy atom. The van der Waals surface area contributed by atoms with E-state index in [4.69, 9.17) is 4.74 Å². The van der Waals surface area contributed by atoms with Gasteiger partial charge < -0.3 is 10.1 Å². The summed E-state index contributed by atoms with van der Waals surface area (Å²) in [6.45, 7) is 9.81. The predicted molar refractivity (Wildman–Crippen MR) is 132 cm³/mol. The van der Waals surface area contributed by atoms with E-state index in [1.165, 1.54) is 20.3 Å². The van der Waals surface area contributed by atoms with Crippen LogP contribution in [0.15, 0.2) is 42.5 Å². The van der Waals surface area contributed by atoms with Crippen LogP contribution in [0.25, 0.3) is 0 Å². The lowest BCUT2D eigenvalue weighted by atomic mass is 9.63. The molecule has 30 heavy (non-hydrogen) atoms. The topological polar surface area (TPSA) is 38.3 Å². The first-order chi connectivity index (χ1) is 14.2. The van der Waals surface area contributed by atoms with Gasteiger partial charge in [0.1, 0.15) is 5.75 Å². The van der Waals surface area contributed by atoms with Crippen molar-refractivity contribution >= 4 is 28.5 Å². The van der Waals surface area contributed by atoms with Crippen molar-refractivity contribution in [1.82, 2.24) is 5.32 Å². The van der Waals surface area contributed by atoms with Crippen molar-refractivity contribution in [1.29, 1.82) is 0 Å². The van der Waals surface area contributed by atoms with Gasteiger partial charge >= 0.3 is 0 Å². The van der Waals surface area contributed by atoms with Gasteiger partial charge in [0.2, 0.25) is 5.91 Å². The third kappa shape index (κ3) is 4.53. The van der Waals surface area contributed by atoms with Gasteiger partial charge in [-0.2, -0.15) is 0 Å². The maximum Gasteiger partial charge on any atom is 0.226 e. The Bertz CT molecular complexity index is 894. The summed E-state index contributed by atoms with van der Waals surface area (Å²) in [6.07, 6.45) is 3.84. The molecule has 1 N–H and O–H groups in total. The first-order valence-electron chi connectivity index (χ1n) is 10.9. The van der Waals surface area contributed by atoms with Crippen LogP contribution in [0.3, 0.4) is 0 Å². The monoisotopic (exact) mass is 519 g/mol. The number of hydrogen-bond acceptors (Lipinski definition) is 2. The summed E-state index contributed by atoms with van der Waals surface area (Å²) in [5.74, 6) is 1.43. The second kappa shape index (κ2) is 9.29. The molecule has 4 heteroatoms. The molecule has 1 saturated heterocycles. The molecule has 0 aliphatic carbocycles. The van der Waals surface area contributed by atoms with Gasteiger partial charge in [0.25, 0.3) is 0 Å². The highest BCUT2D eigenvalue weighted by Crippen LogP contribution is 2.48. The molecule has 0 spiro atoms. The maximum absolute atomic E-state index is 12.5. The Balaban J connectivity index is 2.02. The number of carbonyl (C=O) groups is 1. The van der Waals surface area contributed by atoms with E-state index in [1.807, 2.05) is 0 Å². The molecule has 0 saturated carbocycles. The Morgan fingerprint density at radius 2 is 1.93 bits per heavy atom. The Morgan fingerprint density at radius 1 is 1.23 bits per heavy atom. The molecule has 1 aliphatic rings. The van der Waals surface area contributed by atoms with E-state index in [0.29, 0.717) is 5.92 Å². The summed E-state index contributed by atoms with van der Waals surface area (Å²) in [5.41, 5.74) is 3.77. The molecule has 0 radical (unpaired) electrons. The van der Waals surface area contributed by atoms with Gasteiger partial charge in [0.15, 0.2) is 0 Å². The van der Waals surface area contributed by atoms with E-state index in [-0.39, 0.29) is 16.7 Å². The molecule has 2 aromatic carbocycles. The molecule has 162 valence electrons. The van der Waals surface area contributed by atoms with Crippen molar-refractivity contribution in [3.63, 3.8) is 0 Å². The van der Waals surface area contributed by atoms with Crippen molar-refractivity contribution in [3.05, 3.63) is 62.7 Å². The van der Waals surface area contributed by atoms with Crippen LogP contribution in [0, 0.1) is 15.9 Å². The average Bonchev–Trinajstić information content (AvgIpc) is 3.07. The molecule has 0 bridgehead atoms. The van der Waals surface area contributed by atoms with Gasteiger partial charge in [0.05, 0.1) is 7.11 Å². The zero-order valence-electron chi connectivity index (χ0n) is 18.8. The number of hydrogen-bond donors (Lipinski definition) is 1. The minimum Gasteiger partial charge on any atom is -0.497 e. The second-order valence-corrected chi connectivity index (χ2v) is 10.4. The number of aryl methyl sites for hydroxylation is 1. The summed E-state index contributed by atoms with van der Waals surface area (Å²) in [6, 6.07) is 15.3. The maximum atomic E-state index is 12.5. The number of ether oxygens (including phenoxy) is 1. The number of benzene rings is 2. The highest BCUT2D eigenvalue weighted by molar-refractivity contribution is 14.1. The smallest absolute Gasteiger partial charge is 0.226 e. The number of amides is 1. The predicted octanol–water partition coefficient (Wildman–Crippen LogP) is 6.37. The number of nitrogens with one attached hydrogen (secondary N) is 1. The minimum absolute atomic E-state index is 0.0325. The molecule has 3 atom stereocenters. The largest absolute Gasteiger partial charge is 0.497 e. The Kier molecular flexibility index (Phi) is 7.16. The zero-order chi connectivity index (χ0) is 21.9. The third-order valence-electron chi connectivity index (χ3n) is 7.36. The van der Waals surface area contributed by atoms with Crippen LogP contribution in [0.5, 0.6) is 5.75 Å². The molecule has 1 heterocycles. The lowest BCUT2D eigenvalue weighted by molar-refractivity contribution is -0.127. The van der Waals surface area contributed by atoms with Crippen molar-refractivity contribution in [2.24, 2.45) is 5.41 Å². The van der Waals surface area contributed by atoms with Gasteiger partial charge in [-0.3, -0.25) is 4.79 Å². The summed E-state index contributed by atoms with van der Waals surface area (Å²) < 4.78 is 6.65. The second-order valence-electron chi connectivity index (χ2n) is 9.16. The van der Waals surface area contributed by atoms with Crippen LogP contribution in [0.2, 0.25) is 0 Å². The molecule has 3 nitrogen and oxygen atoms in total. The zero-order valence-corrected chi connectivity index (χ0v) is 21.0. The van der Waals surface area contributed by atoms with Gasteiger partial charge in [-0.1, -0.05) is 39.0 Å². The van der Waals surface area contributed by atoms with Crippen LogP contribution in [-0.2, 0) is 10.2 Å².